The molecule has 1 unspecified atom stereocenters. The van der Waals surface area contributed by atoms with Crippen LogP contribution >= 0.6 is 0 Å². The van der Waals surface area contributed by atoms with Crippen molar-refractivity contribution in [1.82, 2.24) is 0 Å². The van der Waals surface area contributed by atoms with E-state index in [0.29, 0.717) is 12.0 Å². The Morgan fingerprint density at radius 3 is 2.70 bits per heavy atom. The number of hydrogen-bond acceptors (Lipinski definition) is 2. The van der Waals surface area contributed by atoms with E-state index in [0.717, 1.165) is 13.2 Å². The van der Waals surface area contributed by atoms with Gasteiger partial charge in [0.15, 0.2) is 0 Å². The Labute approximate surface area is 61.8 Å². The van der Waals surface area contributed by atoms with Gasteiger partial charge >= 0.3 is 0 Å². The van der Waals surface area contributed by atoms with E-state index in [2.05, 4.69) is 6.92 Å². The maximum atomic E-state index is 5.33. The fraction of sp³-hybridized carbons (Fsp3) is 0.750. The van der Waals surface area contributed by atoms with Crippen LogP contribution in [-0.4, -0.2) is 19.3 Å². The number of allylic oxidation sites excluding steroid dienone is 1. The van der Waals surface area contributed by atoms with Crippen molar-refractivity contribution in [1.29, 1.82) is 0 Å². The minimum absolute atomic E-state index is 0.310. The summed E-state index contributed by atoms with van der Waals surface area (Å²) in [6, 6.07) is 0. The highest BCUT2D eigenvalue weighted by molar-refractivity contribution is 4.75. The van der Waals surface area contributed by atoms with E-state index >= 15 is 0 Å². The molecule has 0 radical (unpaired) electrons. The van der Waals surface area contributed by atoms with Crippen LogP contribution in [0.25, 0.3) is 0 Å². The predicted molar refractivity (Wildman–Crippen MR) is 39.7 cm³/mol. The normalized spacial score (nSPS) is 22.6. The van der Waals surface area contributed by atoms with E-state index in [1.54, 1.807) is 6.26 Å². The lowest BCUT2D eigenvalue weighted by atomic mass is 10.0. The molecular formula is C8H14O2. The highest BCUT2D eigenvalue weighted by atomic mass is 16.5. The zero-order valence-corrected chi connectivity index (χ0v) is 6.54. The molecule has 0 spiro atoms. The molecule has 2 nitrogen and oxygen atoms in total. The summed E-state index contributed by atoms with van der Waals surface area (Å²) >= 11 is 0. The van der Waals surface area contributed by atoms with Crippen LogP contribution in [0.2, 0.25) is 0 Å². The van der Waals surface area contributed by atoms with Crippen LogP contribution in [0.4, 0.5) is 0 Å². The smallest absolute Gasteiger partial charge is 0.102 e. The SMILES string of the molecule is C/C=C/OC(C)C1COC1. The lowest BCUT2D eigenvalue weighted by Gasteiger charge is -2.30. The molecule has 1 aliphatic heterocycles. The van der Waals surface area contributed by atoms with Crippen LogP contribution in [0.1, 0.15) is 13.8 Å². The Hall–Kier alpha value is -0.500. The average molecular weight is 142 g/mol. The first kappa shape index (κ1) is 7.61. The standard InChI is InChI=1S/C8H14O2/c1-3-4-10-7(2)8-5-9-6-8/h3-4,7-8H,5-6H2,1-2H3/b4-3+. The van der Waals surface area contributed by atoms with Gasteiger partial charge in [0, 0.05) is 5.92 Å². The van der Waals surface area contributed by atoms with E-state index in [9.17, 15) is 0 Å². The fourth-order valence-corrected chi connectivity index (χ4v) is 0.839. The maximum Gasteiger partial charge on any atom is 0.102 e. The van der Waals surface area contributed by atoms with Gasteiger partial charge in [-0.2, -0.15) is 0 Å². The average Bonchev–Trinajstić information content (AvgIpc) is 1.79. The van der Waals surface area contributed by atoms with Crippen molar-refractivity contribution < 1.29 is 9.47 Å². The molecule has 0 amide bonds. The minimum Gasteiger partial charge on any atom is -0.498 e. The van der Waals surface area contributed by atoms with Crippen molar-refractivity contribution >= 4 is 0 Å². The van der Waals surface area contributed by atoms with E-state index in [-0.39, 0.29) is 0 Å². The fourth-order valence-electron chi connectivity index (χ4n) is 0.839. The summed E-state index contributed by atoms with van der Waals surface area (Å²) in [6.07, 6.45) is 3.95. The van der Waals surface area contributed by atoms with Gasteiger partial charge in [0.05, 0.1) is 19.5 Å². The molecule has 0 bridgehead atoms. The molecular weight excluding hydrogens is 128 g/mol. The summed E-state index contributed by atoms with van der Waals surface area (Å²) in [4.78, 5) is 0. The monoisotopic (exact) mass is 142 g/mol. The van der Waals surface area contributed by atoms with E-state index in [1.807, 2.05) is 13.0 Å². The van der Waals surface area contributed by atoms with Gasteiger partial charge in [0.25, 0.3) is 0 Å². The molecule has 1 atom stereocenters. The highest BCUT2D eigenvalue weighted by Gasteiger charge is 2.25. The lowest BCUT2D eigenvalue weighted by Crippen LogP contribution is -2.36. The van der Waals surface area contributed by atoms with Gasteiger partial charge in [-0.15, -0.1) is 0 Å². The van der Waals surface area contributed by atoms with Crippen LogP contribution in [0.15, 0.2) is 12.3 Å². The largest absolute Gasteiger partial charge is 0.498 e. The summed E-state index contributed by atoms with van der Waals surface area (Å²) in [6.45, 7) is 5.74. The van der Waals surface area contributed by atoms with Gasteiger partial charge in [-0.05, 0) is 13.8 Å². The third-order valence-electron chi connectivity index (χ3n) is 1.76. The maximum absolute atomic E-state index is 5.33. The highest BCUT2D eigenvalue weighted by Crippen LogP contribution is 2.16. The molecule has 0 aliphatic carbocycles. The van der Waals surface area contributed by atoms with Gasteiger partial charge in [0.2, 0.25) is 0 Å². The van der Waals surface area contributed by atoms with Gasteiger partial charge in [0.1, 0.15) is 6.10 Å². The third kappa shape index (κ3) is 1.74. The molecule has 0 saturated carbocycles. The lowest BCUT2D eigenvalue weighted by molar-refractivity contribution is -0.0882. The molecule has 1 heterocycles. The van der Waals surface area contributed by atoms with Crippen molar-refractivity contribution in [2.45, 2.75) is 20.0 Å². The molecule has 1 rings (SSSR count). The summed E-state index contributed by atoms with van der Waals surface area (Å²) < 4.78 is 10.4. The van der Waals surface area contributed by atoms with E-state index in [4.69, 9.17) is 9.47 Å². The van der Waals surface area contributed by atoms with Crippen LogP contribution in [0, 0.1) is 5.92 Å². The second-order valence-corrected chi connectivity index (χ2v) is 2.61. The van der Waals surface area contributed by atoms with Crippen molar-refractivity contribution in [2.24, 2.45) is 5.92 Å². The van der Waals surface area contributed by atoms with Crippen LogP contribution in [-0.2, 0) is 9.47 Å². The Kier molecular flexibility index (Phi) is 2.75. The van der Waals surface area contributed by atoms with Crippen molar-refractivity contribution in [3.63, 3.8) is 0 Å². The van der Waals surface area contributed by atoms with Gasteiger partial charge in [-0.1, -0.05) is 6.08 Å². The molecule has 0 aromatic rings. The molecule has 10 heavy (non-hydrogen) atoms. The van der Waals surface area contributed by atoms with Crippen molar-refractivity contribution in [2.75, 3.05) is 13.2 Å². The molecule has 2 heteroatoms. The van der Waals surface area contributed by atoms with Crippen LogP contribution < -0.4 is 0 Å². The Morgan fingerprint density at radius 1 is 1.60 bits per heavy atom. The summed E-state index contributed by atoms with van der Waals surface area (Å²) in [5, 5.41) is 0. The first-order chi connectivity index (χ1) is 4.84. The summed E-state index contributed by atoms with van der Waals surface area (Å²) in [5.41, 5.74) is 0. The number of hydrogen-bond donors (Lipinski definition) is 0. The third-order valence-corrected chi connectivity index (χ3v) is 1.76. The predicted octanol–water partition coefficient (Wildman–Crippen LogP) is 1.57. The van der Waals surface area contributed by atoms with E-state index < -0.39 is 0 Å². The van der Waals surface area contributed by atoms with Gasteiger partial charge in [-0.3, -0.25) is 0 Å². The molecule has 0 aromatic carbocycles. The van der Waals surface area contributed by atoms with Gasteiger partial charge < -0.3 is 9.47 Å². The zero-order valence-electron chi connectivity index (χ0n) is 6.54. The molecule has 1 fully saturated rings. The summed E-state index contributed by atoms with van der Waals surface area (Å²) in [7, 11) is 0. The second kappa shape index (κ2) is 3.62. The van der Waals surface area contributed by atoms with E-state index in [1.165, 1.54) is 0 Å². The number of rotatable bonds is 3. The molecule has 0 aromatic heterocycles. The molecule has 58 valence electrons. The van der Waals surface area contributed by atoms with Gasteiger partial charge in [-0.25, -0.2) is 0 Å². The first-order valence-corrected chi connectivity index (χ1v) is 3.69. The van der Waals surface area contributed by atoms with Crippen molar-refractivity contribution in [3.8, 4) is 0 Å². The quantitative estimate of drug-likeness (QED) is 0.557. The molecule has 1 saturated heterocycles. The van der Waals surface area contributed by atoms with Crippen molar-refractivity contribution in [3.05, 3.63) is 12.3 Å². The Balaban J connectivity index is 2.13. The van der Waals surface area contributed by atoms with Crippen LogP contribution in [0.3, 0.4) is 0 Å². The number of ether oxygens (including phenoxy) is 2. The Bertz CT molecular complexity index is 116. The summed E-state index contributed by atoms with van der Waals surface area (Å²) in [5.74, 6) is 0.608. The second-order valence-electron chi connectivity index (χ2n) is 2.61. The molecule has 1 aliphatic rings. The molecule has 0 N–H and O–H groups in total. The van der Waals surface area contributed by atoms with Crippen LogP contribution in [0.5, 0.6) is 0 Å². The minimum atomic E-state index is 0.310. The topological polar surface area (TPSA) is 18.5 Å². The Morgan fingerprint density at radius 2 is 2.30 bits per heavy atom. The zero-order chi connectivity index (χ0) is 7.40. The first-order valence-electron chi connectivity index (χ1n) is 3.69.